The zero-order valence-corrected chi connectivity index (χ0v) is 14.4. The van der Waals surface area contributed by atoms with Crippen molar-refractivity contribution in [1.82, 2.24) is 0 Å². The highest BCUT2D eigenvalue weighted by Gasteiger charge is 2.50. The SMILES string of the molecule is OCC1O[C@@H](O[C@H]2C(O)C(O)[C@@H](OCP)O[C@@H]2CO)C(O)[C@@H](O)[C@H]1O. The Balaban J connectivity index is 2.11. The molecule has 2 heterocycles. The maximum Gasteiger partial charge on any atom is 0.187 e. The molecule has 0 radical (unpaired) electrons. The molecule has 148 valence electrons. The molecule has 11 atom stereocenters. The highest BCUT2D eigenvalue weighted by molar-refractivity contribution is 7.16. The standard InChI is InChI=1S/C13H25O11P/c14-1-4-6(16)7(17)9(19)13(22-4)24-11-5(2-15)23-12(21-3-25)10(20)8(11)18/h4-20H,1-3,25H2/t4?,5-,6+,7+,8?,9?,10?,11-,12+,13+/m1/s1. The lowest BCUT2D eigenvalue weighted by molar-refractivity contribution is -0.357. The third kappa shape index (κ3) is 4.46. The Morgan fingerprint density at radius 3 is 1.84 bits per heavy atom. The summed E-state index contributed by atoms with van der Waals surface area (Å²) in [6.45, 7) is -1.24. The molecule has 0 bridgehead atoms. The van der Waals surface area contributed by atoms with Crippen LogP contribution in [-0.4, -0.2) is 117 Å². The van der Waals surface area contributed by atoms with Crippen LogP contribution in [-0.2, 0) is 18.9 Å². The van der Waals surface area contributed by atoms with E-state index in [1.54, 1.807) is 0 Å². The first-order chi connectivity index (χ1) is 11.8. The lowest BCUT2D eigenvalue weighted by Gasteiger charge is -2.45. The fourth-order valence-electron chi connectivity index (χ4n) is 2.79. The van der Waals surface area contributed by atoms with Gasteiger partial charge in [0, 0.05) is 0 Å². The molecule has 0 saturated carbocycles. The van der Waals surface area contributed by atoms with Crippen molar-refractivity contribution in [3.63, 3.8) is 0 Å². The lowest BCUT2D eigenvalue weighted by Crippen LogP contribution is -2.64. The van der Waals surface area contributed by atoms with Gasteiger partial charge in [-0.3, -0.25) is 0 Å². The Bertz CT molecular complexity index is 411. The van der Waals surface area contributed by atoms with Crippen molar-refractivity contribution in [2.45, 2.75) is 61.4 Å². The monoisotopic (exact) mass is 388 g/mol. The van der Waals surface area contributed by atoms with Gasteiger partial charge in [-0.25, -0.2) is 0 Å². The molecule has 2 aliphatic rings. The summed E-state index contributed by atoms with van der Waals surface area (Å²) < 4.78 is 21.0. The molecule has 2 fully saturated rings. The van der Waals surface area contributed by atoms with Crippen molar-refractivity contribution in [3.05, 3.63) is 0 Å². The molecular weight excluding hydrogens is 363 g/mol. The minimum absolute atomic E-state index is 0.116. The van der Waals surface area contributed by atoms with Crippen molar-refractivity contribution in [3.8, 4) is 0 Å². The molecular formula is C13H25O11P. The van der Waals surface area contributed by atoms with E-state index < -0.39 is 74.6 Å². The number of aliphatic hydroxyl groups is 7. The summed E-state index contributed by atoms with van der Waals surface area (Å²) in [7, 11) is 2.25. The second-order valence-electron chi connectivity index (χ2n) is 5.84. The molecule has 0 aromatic rings. The summed E-state index contributed by atoms with van der Waals surface area (Å²) in [4.78, 5) is 0. The van der Waals surface area contributed by atoms with E-state index in [0.29, 0.717) is 0 Å². The van der Waals surface area contributed by atoms with Crippen LogP contribution in [0.2, 0.25) is 0 Å². The van der Waals surface area contributed by atoms with Crippen LogP contribution in [0.3, 0.4) is 0 Å². The maximum absolute atomic E-state index is 10.2. The number of hydrogen-bond acceptors (Lipinski definition) is 11. The molecule has 0 aromatic carbocycles. The fourth-order valence-corrected chi connectivity index (χ4v) is 2.98. The minimum atomic E-state index is -1.69. The molecule has 2 aliphatic heterocycles. The third-order valence-corrected chi connectivity index (χ3v) is 4.41. The fraction of sp³-hybridized carbons (Fsp3) is 1.00. The number of rotatable bonds is 6. The van der Waals surface area contributed by atoms with Gasteiger partial charge in [0.25, 0.3) is 0 Å². The lowest BCUT2D eigenvalue weighted by atomic mass is 9.97. The van der Waals surface area contributed by atoms with Gasteiger partial charge >= 0.3 is 0 Å². The molecule has 5 unspecified atom stereocenters. The Labute approximate surface area is 145 Å². The van der Waals surface area contributed by atoms with E-state index >= 15 is 0 Å². The summed E-state index contributed by atoms with van der Waals surface area (Å²) >= 11 is 0. The van der Waals surface area contributed by atoms with Crippen LogP contribution in [0.4, 0.5) is 0 Å². The molecule has 11 nitrogen and oxygen atoms in total. The summed E-state index contributed by atoms with van der Waals surface area (Å²) in [5.74, 6) is 0. The van der Waals surface area contributed by atoms with E-state index in [1.165, 1.54) is 0 Å². The van der Waals surface area contributed by atoms with Crippen molar-refractivity contribution < 1.29 is 54.7 Å². The smallest absolute Gasteiger partial charge is 0.187 e. The molecule has 25 heavy (non-hydrogen) atoms. The predicted octanol–water partition coefficient (Wildman–Crippen LogP) is -4.54. The molecule has 7 N–H and O–H groups in total. The quantitative estimate of drug-likeness (QED) is 0.218. The van der Waals surface area contributed by atoms with Gasteiger partial charge in [-0.05, 0) is 0 Å². The molecule has 2 rings (SSSR count). The van der Waals surface area contributed by atoms with Gasteiger partial charge < -0.3 is 54.7 Å². The zero-order chi connectivity index (χ0) is 18.7. The van der Waals surface area contributed by atoms with E-state index in [0.717, 1.165) is 0 Å². The second kappa shape index (κ2) is 9.27. The van der Waals surface area contributed by atoms with Gasteiger partial charge in [0.2, 0.25) is 0 Å². The molecule has 2 saturated heterocycles. The van der Waals surface area contributed by atoms with E-state index in [9.17, 15) is 30.6 Å². The summed E-state index contributed by atoms with van der Waals surface area (Å²) in [5, 5.41) is 68.4. The highest BCUT2D eigenvalue weighted by Crippen LogP contribution is 2.29. The first-order valence-corrected chi connectivity index (χ1v) is 8.57. The average molecular weight is 388 g/mol. The highest BCUT2D eigenvalue weighted by atomic mass is 31.0. The van der Waals surface area contributed by atoms with Crippen LogP contribution < -0.4 is 0 Å². The van der Waals surface area contributed by atoms with Crippen molar-refractivity contribution in [1.29, 1.82) is 0 Å². The van der Waals surface area contributed by atoms with E-state index in [1.807, 2.05) is 0 Å². The number of hydrogen-bond donors (Lipinski definition) is 7. The van der Waals surface area contributed by atoms with Crippen LogP contribution in [0.5, 0.6) is 0 Å². The van der Waals surface area contributed by atoms with Crippen LogP contribution in [0.25, 0.3) is 0 Å². The van der Waals surface area contributed by atoms with E-state index in [2.05, 4.69) is 9.24 Å². The van der Waals surface area contributed by atoms with Gasteiger partial charge in [-0.1, -0.05) is 0 Å². The van der Waals surface area contributed by atoms with Gasteiger partial charge in [0.15, 0.2) is 12.6 Å². The topological polar surface area (TPSA) is 179 Å². The predicted molar refractivity (Wildman–Crippen MR) is 82.1 cm³/mol. The molecule has 0 aromatic heterocycles. The van der Waals surface area contributed by atoms with Crippen LogP contribution in [0, 0.1) is 0 Å². The maximum atomic E-state index is 10.2. The molecule has 12 heteroatoms. The second-order valence-corrected chi connectivity index (χ2v) is 6.17. The summed E-state index contributed by atoms with van der Waals surface area (Å²) in [6.07, 6.45) is -14.2. The number of aliphatic hydroxyl groups excluding tert-OH is 7. The van der Waals surface area contributed by atoms with Crippen LogP contribution >= 0.6 is 9.24 Å². The Morgan fingerprint density at radius 1 is 0.720 bits per heavy atom. The zero-order valence-electron chi connectivity index (χ0n) is 13.2. The van der Waals surface area contributed by atoms with Crippen LogP contribution in [0.1, 0.15) is 0 Å². The van der Waals surface area contributed by atoms with Gasteiger partial charge in [-0.15, -0.1) is 9.24 Å². The first kappa shape index (κ1) is 21.3. The Morgan fingerprint density at radius 2 is 1.28 bits per heavy atom. The van der Waals surface area contributed by atoms with Crippen molar-refractivity contribution in [2.24, 2.45) is 0 Å². The molecule has 0 spiro atoms. The summed E-state index contributed by atoms with van der Waals surface area (Å²) in [6, 6.07) is 0. The van der Waals surface area contributed by atoms with Crippen molar-refractivity contribution in [2.75, 3.05) is 19.6 Å². The average Bonchev–Trinajstić information content (AvgIpc) is 2.61. The van der Waals surface area contributed by atoms with Crippen molar-refractivity contribution >= 4 is 9.24 Å². The van der Waals surface area contributed by atoms with Gasteiger partial charge in [-0.2, -0.15) is 0 Å². The number of ether oxygens (including phenoxy) is 4. The van der Waals surface area contributed by atoms with Gasteiger partial charge in [0.05, 0.1) is 19.6 Å². The minimum Gasteiger partial charge on any atom is -0.394 e. The third-order valence-electron chi connectivity index (χ3n) is 4.22. The summed E-state index contributed by atoms with van der Waals surface area (Å²) in [5.41, 5.74) is 0. The van der Waals surface area contributed by atoms with Gasteiger partial charge in [0.1, 0.15) is 48.8 Å². The normalized spacial score (nSPS) is 48.5. The van der Waals surface area contributed by atoms with E-state index in [4.69, 9.17) is 24.1 Å². The van der Waals surface area contributed by atoms with E-state index in [-0.39, 0.29) is 6.35 Å². The largest absolute Gasteiger partial charge is 0.394 e. The van der Waals surface area contributed by atoms with Crippen LogP contribution in [0.15, 0.2) is 0 Å². The molecule has 0 aliphatic carbocycles. The molecule has 0 amide bonds. The Kier molecular flexibility index (Phi) is 7.89. The Hall–Kier alpha value is -0.0100. The first-order valence-electron chi connectivity index (χ1n) is 7.75.